The second-order valence-corrected chi connectivity index (χ2v) is 7.72. The average Bonchev–Trinajstić information content (AvgIpc) is 2.61. The molecule has 0 amide bonds. The Balaban J connectivity index is 2.52. The molecule has 0 radical (unpaired) electrons. The first-order valence-electron chi connectivity index (χ1n) is 7.14. The topological polar surface area (TPSA) is 76.4 Å². The number of hydrogen-bond acceptors (Lipinski definition) is 5. The molecule has 0 N–H and O–H groups in total. The number of rotatable bonds is 6. The fraction of sp³-hybridized carbons (Fsp3) is 0.118. The lowest BCUT2D eigenvalue weighted by Gasteiger charge is -2.10. The van der Waals surface area contributed by atoms with Crippen molar-refractivity contribution in [1.82, 2.24) is 0 Å². The van der Waals surface area contributed by atoms with E-state index in [2.05, 4.69) is 4.74 Å². The molecule has 0 heterocycles. The maximum atomic E-state index is 12.7. The van der Waals surface area contributed by atoms with Crippen molar-refractivity contribution in [3.05, 3.63) is 56.9 Å². The average molecular weight is 434 g/mol. The van der Waals surface area contributed by atoms with Gasteiger partial charge in [0.1, 0.15) is 11.0 Å². The van der Waals surface area contributed by atoms with Gasteiger partial charge in [0.15, 0.2) is 11.5 Å². The molecular weight excluding hydrogens is 423 g/mol. The number of allylic oxidation sites excluding steroid dienone is 1. The highest BCUT2D eigenvalue weighted by Gasteiger charge is 2.24. The van der Waals surface area contributed by atoms with E-state index in [-0.39, 0.29) is 32.0 Å². The number of alkyl halides is 2. The van der Waals surface area contributed by atoms with Crippen molar-refractivity contribution in [3.8, 4) is 17.6 Å². The third kappa shape index (κ3) is 4.89. The molecule has 0 bridgehead atoms. The van der Waals surface area contributed by atoms with Gasteiger partial charge in [-0.2, -0.15) is 14.0 Å². The second-order valence-electron chi connectivity index (χ2n) is 4.99. The summed E-state index contributed by atoms with van der Waals surface area (Å²) in [6.45, 7) is -3.06. The van der Waals surface area contributed by atoms with Crippen molar-refractivity contribution >= 4 is 39.1 Å². The van der Waals surface area contributed by atoms with E-state index in [9.17, 15) is 22.5 Å². The summed E-state index contributed by atoms with van der Waals surface area (Å²) in [6.07, 6.45) is 1.06. The van der Waals surface area contributed by atoms with Gasteiger partial charge < -0.3 is 9.47 Å². The maximum Gasteiger partial charge on any atom is 0.387 e. The fourth-order valence-corrected chi connectivity index (χ4v) is 4.00. The lowest BCUT2D eigenvalue weighted by atomic mass is 10.2. The smallest absolute Gasteiger partial charge is 0.387 e. The molecule has 0 aromatic heterocycles. The minimum atomic E-state index is -4.26. The summed E-state index contributed by atoms with van der Waals surface area (Å²) < 4.78 is 59.4. The number of nitrogens with zero attached hydrogens (tertiary/aromatic N) is 1. The van der Waals surface area contributed by atoms with Gasteiger partial charge in [0.25, 0.3) is 0 Å². The molecule has 27 heavy (non-hydrogen) atoms. The number of methoxy groups -OCH3 is 1. The Bertz CT molecular complexity index is 1030. The molecule has 2 aromatic carbocycles. The number of nitriles is 1. The summed E-state index contributed by atoms with van der Waals surface area (Å²) in [4.78, 5) is -0.940. The summed E-state index contributed by atoms with van der Waals surface area (Å²) in [5, 5.41) is 9.35. The molecular formula is C17H11Cl2F2NO4S. The fourth-order valence-electron chi connectivity index (χ4n) is 2.09. The van der Waals surface area contributed by atoms with E-state index in [1.54, 1.807) is 6.07 Å². The third-order valence-corrected chi connectivity index (χ3v) is 5.67. The minimum absolute atomic E-state index is 0.0560. The van der Waals surface area contributed by atoms with Crippen LogP contribution in [0.2, 0.25) is 10.0 Å². The van der Waals surface area contributed by atoms with Crippen LogP contribution in [0, 0.1) is 11.3 Å². The Morgan fingerprint density at radius 1 is 1.19 bits per heavy atom. The lowest BCUT2D eigenvalue weighted by molar-refractivity contribution is -0.0512. The largest absolute Gasteiger partial charge is 0.493 e. The maximum absolute atomic E-state index is 12.7. The first-order valence-corrected chi connectivity index (χ1v) is 9.37. The Morgan fingerprint density at radius 2 is 1.89 bits per heavy atom. The Labute approximate surface area is 164 Å². The molecule has 0 fully saturated rings. The van der Waals surface area contributed by atoms with Gasteiger partial charge >= 0.3 is 6.61 Å². The minimum Gasteiger partial charge on any atom is -0.493 e. The number of halogens is 4. The lowest BCUT2D eigenvalue weighted by Crippen LogP contribution is -2.05. The van der Waals surface area contributed by atoms with Crippen LogP contribution < -0.4 is 9.47 Å². The van der Waals surface area contributed by atoms with Crippen LogP contribution >= 0.6 is 23.2 Å². The van der Waals surface area contributed by atoms with E-state index in [0.29, 0.717) is 0 Å². The molecule has 2 aromatic rings. The van der Waals surface area contributed by atoms with Gasteiger partial charge in [-0.1, -0.05) is 29.3 Å². The number of hydrogen-bond donors (Lipinski definition) is 0. The van der Waals surface area contributed by atoms with Crippen LogP contribution in [0.25, 0.3) is 6.08 Å². The van der Waals surface area contributed by atoms with Crippen LogP contribution in [-0.2, 0) is 9.84 Å². The first-order chi connectivity index (χ1) is 12.7. The molecule has 0 aliphatic rings. The molecule has 0 spiro atoms. The summed E-state index contributed by atoms with van der Waals surface area (Å²) in [7, 11) is -3.03. The summed E-state index contributed by atoms with van der Waals surface area (Å²) in [6, 6.07) is 9.16. The van der Waals surface area contributed by atoms with Gasteiger partial charge in [-0.15, -0.1) is 0 Å². The zero-order valence-corrected chi connectivity index (χ0v) is 15.9. The van der Waals surface area contributed by atoms with E-state index < -0.39 is 21.4 Å². The Morgan fingerprint density at radius 3 is 2.48 bits per heavy atom. The molecule has 0 atom stereocenters. The monoisotopic (exact) mass is 433 g/mol. The predicted octanol–water partition coefficient (Wildman–Crippen LogP) is 4.94. The number of benzene rings is 2. The highest BCUT2D eigenvalue weighted by Crippen LogP contribution is 2.33. The molecule has 0 aliphatic heterocycles. The van der Waals surface area contributed by atoms with E-state index in [1.165, 1.54) is 37.4 Å². The molecule has 142 valence electrons. The SMILES string of the molecule is COc1cc(/C=C(\C#N)S(=O)(=O)c2cc(Cl)ccc2Cl)ccc1OC(F)F. The van der Waals surface area contributed by atoms with Crippen molar-refractivity contribution in [3.63, 3.8) is 0 Å². The van der Waals surface area contributed by atoms with Crippen molar-refractivity contribution in [2.45, 2.75) is 11.5 Å². The quantitative estimate of drug-likeness (QED) is 0.602. The Kier molecular flexibility index (Phi) is 6.65. The van der Waals surface area contributed by atoms with Gasteiger partial charge in [0, 0.05) is 5.02 Å². The molecule has 0 saturated heterocycles. The number of ether oxygens (including phenoxy) is 2. The molecule has 5 nitrogen and oxygen atoms in total. The first kappa shape index (κ1) is 21.0. The molecule has 0 unspecified atom stereocenters. The molecule has 0 aliphatic carbocycles. The number of sulfone groups is 1. The van der Waals surface area contributed by atoms with Crippen LogP contribution in [0.3, 0.4) is 0 Å². The molecule has 2 rings (SSSR count). The van der Waals surface area contributed by atoms with E-state index in [4.69, 9.17) is 27.9 Å². The van der Waals surface area contributed by atoms with Crippen molar-refractivity contribution in [2.24, 2.45) is 0 Å². The van der Waals surface area contributed by atoms with Crippen LogP contribution in [0.15, 0.2) is 46.2 Å². The van der Waals surface area contributed by atoms with Crippen molar-refractivity contribution < 1.29 is 26.7 Å². The zero-order valence-electron chi connectivity index (χ0n) is 13.6. The highest BCUT2D eigenvalue weighted by molar-refractivity contribution is 7.95. The van der Waals surface area contributed by atoms with Crippen LogP contribution in [0.5, 0.6) is 11.5 Å². The standard InChI is InChI=1S/C17H11Cl2F2NO4S/c1-25-15-7-10(2-5-14(15)26-17(20)21)6-12(9-22)27(23,24)16-8-11(18)3-4-13(16)19/h2-8,17H,1H3/b12-6+. The van der Waals surface area contributed by atoms with Crippen LogP contribution in [0.4, 0.5) is 8.78 Å². The van der Waals surface area contributed by atoms with E-state index in [1.807, 2.05) is 0 Å². The van der Waals surface area contributed by atoms with Gasteiger partial charge in [0.05, 0.1) is 17.0 Å². The molecule has 0 saturated carbocycles. The van der Waals surface area contributed by atoms with E-state index in [0.717, 1.165) is 12.1 Å². The molecule has 10 heteroatoms. The highest BCUT2D eigenvalue weighted by atomic mass is 35.5. The second kappa shape index (κ2) is 8.57. The Hall–Kier alpha value is -2.34. The van der Waals surface area contributed by atoms with Crippen molar-refractivity contribution in [1.29, 1.82) is 5.26 Å². The van der Waals surface area contributed by atoms with Crippen molar-refractivity contribution in [2.75, 3.05) is 7.11 Å². The van der Waals surface area contributed by atoms with Crippen LogP contribution in [-0.4, -0.2) is 22.1 Å². The van der Waals surface area contributed by atoms with E-state index >= 15 is 0 Å². The summed E-state index contributed by atoms with van der Waals surface area (Å²) in [5.74, 6) is -0.288. The van der Waals surface area contributed by atoms with Gasteiger partial charge in [-0.25, -0.2) is 8.42 Å². The van der Waals surface area contributed by atoms with Gasteiger partial charge in [-0.3, -0.25) is 0 Å². The third-order valence-electron chi connectivity index (χ3n) is 3.28. The van der Waals surface area contributed by atoms with Crippen LogP contribution in [0.1, 0.15) is 5.56 Å². The normalized spacial score (nSPS) is 12.0. The zero-order chi connectivity index (χ0) is 20.2. The van der Waals surface area contributed by atoms with Gasteiger partial charge in [0.2, 0.25) is 9.84 Å². The summed E-state index contributed by atoms with van der Waals surface area (Å²) >= 11 is 11.7. The van der Waals surface area contributed by atoms with Gasteiger partial charge in [-0.05, 0) is 42.0 Å². The predicted molar refractivity (Wildman–Crippen MR) is 96.9 cm³/mol. The summed E-state index contributed by atoms with van der Waals surface area (Å²) in [5.41, 5.74) is 0.215.